The number of hydrogen-bond donors (Lipinski definition) is 1. The van der Waals surface area contributed by atoms with E-state index >= 15 is 0 Å². The molecule has 0 spiro atoms. The first-order chi connectivity index (χ1) is 5.72. The van der Waals surface area contributed by atoms with Gasteiger partial charge in [0.15, 0.2) is 0 Å². The van der Waals surface area contributed by atoms with Gasteiger partial charge in [0.05, 0.1) is 0 Å². The van der Waals surface area contributed by atoms with E-state index < -0.39 is 0 Å². The van der Waals surface area contributed by atoms with Crippen molar-refractivity contribution < 1.29 is 0 Å². The molecule has 0 amide bonds. The van der Waals surface area contributed by atoms with Gasteiger partial charge in [-0.05, 0) is 26.2 Å². The fourth-order valence-electron chi connectivity index (χ4n) is 1.99. The summed E-state index contributed by atoms with van der Waals surface area (Å²) >= 11 is 6.00. The third-order valence-corrected chi connectivity index (χ3v) is 3.49. The van der Waals surface area contributed by atoms with Gasteiger partial charge in [-0.15, -0.1) is 11.6 Å². The van der Waals surface area contributed by atoms with Crippen LogP contribution in [0.25, 0.3) is 0 Å². The van der Waals surface area contributed by atoms with Crippen molar-refractivity contribution in [2.24, 2.45) is 0 Å². The van der Waals surface area contributed by atoms with Gasteiger partial charge >= 0.3 is 0 Å². The summed E-state index contributed by atoms with van der Waals surface area (Å²) in [6.07, 6.45) is 6.41. The second-order valence-corrected chi connectivity index (χ2v) is 4.34. The minimum atomic E-state index is 0.275. The van der Waals surface area contributed by atoms with Crippen molar-refractivity contribution in [2.75, 3.05) is 5.88 Å². The Balaban J connectivity index is 2.43. The second-order valence-electron chi connectivity index (χ2n) is 4.07. The molecule has 2 heteroatoms. The van der Waals surface area contributed by atoms with E-state index in [4.69, 9.17) is 11.6 Å². The van der Waals surface area contributed by atoms with E-state index in [1.807, 2.05) is 0 Å². The van der Waals surface area contributed by atoms with Gasteiger partial charge in [-0.1, -0.05) is 19.8 Å². The molecule has 1 nitrogen and oxygen atoms in total. The molecule has 1 saturated carbocycles. The van der Waals surface area contributed by atoms with Gasteiger partial charge in [-0.3, -0.25) is 0 Å². The zero-order valence-corrected chi connectivity index (χ0v) is 8.95. The summed E-state index contributed by atoms with van der Waals surface area (Å²) in [4.78, 5) is 0. The summed E-state index contributed by atoms with van der Waals surface area (Å²) in [5.41, 5.74) is 0.275. The molecule has 0 bridgehead atoms. The molecule has 0 saturated heterocycles. The quantitative estimate of drug-likeness (QED) is 0.671. The van der Waals surface area contributed by atoms with E-state index in [2.05, 4.69) is 19.2 Å². The topological polar surface area (TPSA) is 12.0 Å². The lowest BCUT2D eigenvalue weighted by molar-refractivity contribution is 0.324. The Kier molecular flexibility index (Phi) is 3.85. The monoisotopic (exact) mass is 189 g/mol. The molecule has 0 heterocycles. The van der Waals surface area contributed by atoms with Gasteiger partial charge in [-0.25, -0.2) is 0 Å². The van der Waals surface area contributed by atoms with Crippen molar-refractivity contribution in [1.29, 1.82) is 0 Å². The molecule has 1 rings (SSSR count). The van der Waals surface area contributed by atoms with Gasteiger partial charge in [0.25, 0.3) is 0 Å². The van der Waals surface area contributed by atoms with Crippen molar-refractivity contribution in [3.8, 4) is 0 Å². The van der Waals surface area contributed by atoms with Crippen LogP contribution in [0.2, 0.25) is 0 Å². The molecule has 1 atom stereocenters. The van der Waals surface area contributed by atoms with Crippen LogP contribution in [0.5, 0.6) is 0 Å². The van der Waals surface area contributed by atoms with E-state index in [0.29, 0.717) is 6.04 Å². The lowest BCUT2D eigenvalue weighted by atomic mass is 9.98. The molecule has 0 aromatic heterocycles. The highest BCUT2D eigenvalue weighted by atomic mass is 35.5. The summed E-state index contributed by atoms with van der Waals surface area (Å²) in [7, 11) is 0. The minimum Gasteiger partial charge on any atom is -0.308 e. The molecule has 0 radical (unpaired) electrons. The van der Waals surface area contributed by atoms with E-state index in [-0.39, 0.29) is 5.54 Å². The fourth-order valence-corrected chi connectivity index (χ4v) is 2.34. The molecule has 1 fully saturated rings. The van der Waals surface area contributed by atoms with Gasteiger partial charge in [-0.2, -0.15) is 0 Å². The van der Waals surface area contributed by atoms with Crippen molar-refractivity contribution in [3.63, 3.8) is 0 Å². The van der Waals surface area contributed by atoms with Gasteiger partial charge in [0.2, 0.25) is 0 Å². The maximum atomic E-state index is 6.00. The van der Waals surface area contributed by atoms with Crippen LogP contribution in [0.1, 0.15) is 46.0 Å². The van der Waals surface area contributed by atoms with E-state index in [1.165, 1.54) is 32.1 Å². The Hall–Kier alpha value is 0.250. The average molecular weight is 190 g/mol. The Morgan fingerprint density at radius 1 is 1.42 bits per heavy atom. The molecule has 12 heavy (non-hydrogen) atoms. The summed E-state index contributed by atoms with van der Waals surface area (Å²) in [6, 6.07) is 0.613. The van der Waals surface area contributed by atoms with Crippen LogP contribution >= 0.6 is 11.6 Å². The summed E-state index contributed by atoms with van der Waals surface area (Å²) < 4.78 is 0. The molecule has 72 valence electrons. The fraction of sp³-hybridized carbons (Fsp3) is 1.00. The van der Waals surface area contributed by atoms with Gasteiger partial charge in [0.1, 0.15) is 0 Å². The SMILES string of the molecule is CCC(C)NC1(CCl)CCCC1. The molecule has 0 aromatic rings. The number of rotatable bonds is 4. The number of halogens is 1. The number of hydrogen-bond acceptors (Lipinski definition) is 1. The Bertz CT molecular complexity index is 130. The zero-order chi connectivity index (χ0) is 9.03. The van der Waals surface area contributed by atoms with Crippen LogP contribution in [-0.4, -0.2) is 17.5 Å². The molecule has 1 N–H and O–H groups in total. The van der Waals surface area contributed by atoms with Crippen LogP contribution < -0.4 is 5.32 Å². The van der Waals surface area contributed by atoms with Crippen LogP contribution in [0.15, 0.2) is 0 Å². The molecule has 0 aromatic carbocycles. The van der Waals surface area contributed by atoms with Crippen molar-refractivity contribution in [1.82, 2.24) is 5.32 Å². The van der Waals surface area contributed by atoms with E-state index in [1.54, 1.807) is 0 Å². The average Bonchev–Trinajstić information content (AvgIpc) is 2.54. The summed E-state index contributed by atoms with van der Waals surface area (Å²) in [5, 5.41) is 3.66. The molecule has 1 aliphatic carbocycles. The maximum Gasteiger partial charge on any atom is 0.0406 e. The molecular formula is C10H20ClN. The standard InChI is InChI=1S/C10H20ClN/c1-3-9(2)12-10(8-11)6-4-5-7-10/h9,12H,3-8H2,1-2H3. The van der Waals surface area contributed by atoms with E-state index in [9.17, 15) is 0 Å². The molecular weight excluding hydrogens is 170 g/mol. The van der Waals surface area contributed by atoms with Crippen molar-refractivity contribution in [3.05, 3.63) is 0 Å². The normalized spacial score (nSPS) is 24.2. The molecule has 1 unspecified atom stereocenters. The molecule has 0 aliphatic heterocycles. The lowest BCUT2D eigenvalue weighted by Gasteiger charge is -2.31. The van der Waals surface area contributed by atoms with Gasteiger partial charge < -0.3 is 5.32 Å². The summed E-state index contributed by atoms with van der Waals surface area (Å²) in [6.45, 7) is 4.46. The maximum absolute atomic E-state index is 6.00. The predicted octanol–water partition coefficient (Wildman–Crippen LogP) is 2.93. The molecule has 1 aliphatic rings. The van der Waals surface area contributed by atoms with Crippen LogP contribution in [0.4, 0.5) is 0 Å². The predicted molar refractivity (Wildman–Crippen MR) is 54.8 cm³/mol. The summed E-state index contributed by atoms with van der Waals surface area (Å²) in [5.74, 6) is 0.775. The van der Waals surface area contributed by atoms with Crippen molar-refractivity contribution in [2.45, 2.75) is 57.5 Å². The first kappa shape index (κ1) is 10.3. The van der Waals surface area contributed by atoms with Crippen molar-refractivity contribution >= 4 is 11.6 Å². The first-order valence-corrected chi connectivity index (χ1v) is 5.59. The number of alkyl halides is 1. The lowest BCUT2D eigenvalue weighted by Crippen LogP contribution is -2.48. The highest BCUT2D eigenvalue weighted by Gasteiger charge is 2.33. The zero-order valence-electron chi connectivity index (χ0n) is 8.20. The minimum absolute atomic E-state index is 0.275. The highest BCUT2D eigenvalue weighted by molar-refractivity contribution is 6.18. The largest absolute Gasteiger partial charge is 0.308 e. The Morgan fingerprint density at radius 3 is 2.42 bits per heavy atom. The van der Waals surface area contributed by atoms with E-state index in [0.717, 1.165) is 5.88 Å². The Labute approximate surface area is 80.9 Å². The second kappa shape index (κ2) is 4.48. The van der Waals surface area contributed by atoms with Crippen LogP contribution in [0, 0.1) is 0 Å². The third-order valence-electron chi connectivity index (χ3n) is 2.98. The Morgan fingerprint density at radius 2 is 2.00 bits per heavy atom. The van der Waals surface area contributed by atoms with Crippen LogP contribution in [-0.2, 0) is 0 Å². The van der Waals surface area contributed by atoms with Gasteiger partial charge in [0, 0.05) is 17.5 Å². The third kappa shape index (κ3) is 2.37. The number of nitrogens with one attached hydrogen (secondary N) is 1. The highest BCUT2D eigenvalue weighted by Crippen LogP contribution is 2.31. The first-order valence-electron chi connectivity index (χ1n) is 5.06. The van der Waals surface area contributed by atoms with Crippen LogP contribution in [0.3, 0.4) is 0 Å². The smallest absolute Gasteiger partial charge is 0.0406 e.